The Morgan fingerprint density at radius 1 is 1.33 bits per heavy atom. The van der Waals surface area contributed by atoms with E-state index >= 15 is 0 Å². The second-order valence-corrected chi connectivity index (χ2v) is 6.55. The van der Waals surface area contributed by atoms with E-state index in [9.17, 15) is 9.59 Å². The number of benzene rings is 1. The zero-order valence-corrected chi connectivity index (χ0v) is 12.6. The highest BCUT2D eigenvalue weighted by atomic mass is 35.5. The molecule has 1 unspecified atom stereocenters. The third-order valence-electron chi connectivity index (χ3n) is 3.46. The standard InChI is InChI=1S/C14H12ClN3O2S/c15-10-5-3-9(4-6-10)8-16-13-18-17-12(20)14(21-13)7-1-2-11(14)19/h3-6,8H,1-2,7H2,(H,17,20)/b16-8-. The monoisotopic (exact) mass is 321 g/mol. The van der Waals surface area contributed by atoms with Gasteiger partial charge in [-0.3, -0.25) is 9.59 Å². The van der Waals surface area contributed by atoms with Gasteiger partial charge in [0.25, 0.3) is 5.91 Å². The van der Waals surface area contributed by atoms with E-state index in [1.807, 2.05) is 12.1 Å². The van der Waals surface area contributed by atoms with E-state index in [1.165, 1.54) is 0 Å². The van der Waals surface area contributed by atoms with Gasteiger partial charge in [-0.05, 0) is 30.5 Å². The Balaban J connectivity index is 1.79. The van der Waals surface area contributed by atoms with Crippen molar-refractivity contribution in [2.75, 3.05) is 0 Å². The van der Waals surface area contributed by atoms with Gasteiger partial charge in [0.05, 0.1) is 0 Å². The largest absolute Gasteiger partial charge is 0.298 e. The zero-order chi connectivity index (χ0) is 14.9. The molecular weight excluding hydrogens is 310 g/mol. The zero-order valence-electron chi connectivity index (χ0n) is 11.0. The average Bonchev–Trinajstić information content (AvgIpc) is 2.84. The highest BCUT2D eigenvalue weighted by Gasteiger charge is 2.52. The molecule has 0 aromatic heterocycles. The van der Waals surface area contributed by atoms with Crippen molar-refractivity contribution in [3.05, 3.63) is 34.9 Å². The maximum absolute atomic E-state index is 12.0. The van der Waals surface area contributed by atoms with Crippen LogP contribution in [-0.4, -0.2) is 27.8 Å². The number of carbonyl (C=O) groups excluding carboxylic acids is 2. The lowest BCUT2D eigenvalue weighted by atomic mass is 10.1. The van der Waals surface area contributed by atoms with E-state index in [0.29, 0.717) is 23.0 Å². The molecule has 1 fully saturated rings. The van der Waals surface area contributed by atoms with Crippen LogP contribution in [0, 0.1) is 0 Å². The van der Waals surface area contributed by atoms with Crippen LogP contribution in [0.4, 0.5) is 0 Å². The van der Waals surface area contributed by atoms with Crippen molar-refractivity contribution in [1.82, 2.24) is 5.43 Å². The fourth-order valence-corrected chi connectivity index (χ4v) is 3.57. The molecule has 7 heteroatoms. The summed E-state index contributed by atoms with van der Waals surface area (Å²) < 4.78 is -1.03. The molecule has 1 aromatic carbocycles. The van der Waals surface area contributed by atoms with Crippen molar-refractivity contribution >= 4 is 46.4 Å². The maximum atomic E-state index is 12.0. The number of rotatable bonds is 1. The minimum atomic E-state index is -1.03. The first-order valence-electron chi connectivity index (χ1n) is 6.50. The number of carbonyl (C=O) groups is 2. The summed E-state index contributed by atoms with van der Waals surface area (Å²) in [6.45, 7) is 0. The number of Topliss-reactive ketones (excluding diaryl/α,β-unsaturated/α-hetero) is 1. The van der Waals surface area contributed by atoms with E-state index in [1.54, 1.807) is 18.3 Å². The van der Waals surface area contributed by atoms with Crippen LogP contribution >= 0.6 is 23.4 Å². The van der Waals surface area contributed by atoms with Crippen molar-refractivity contribution < 1.29 is 9.59 Å². The van der Waals surface area contributed by atoms with Crippen LogP contribution in [0.25, 0.3) is 0 Å². The second kappa shape index (κ2) is 5.61. The number of hydrogen-bond donors (Lipinski definition) is 1. The van der Waals surface area contributed by atoms with Gasteiger partial charge in [-0.2, -0.15) is 0 Å². The van der Waals surface area contributed by atoms with Gasteiger partial charge in [-0.1, -0.05) is 35.5 Å². The minimum Gasteiger partial charge on any atom is -0.298 e. The van der Waals surface area contributed by atoms with Gasteiger partial charge in [0.2, 0.25) is 5.17 Å². The number of amidine groups is 1. The summed E-state index contributed by atoms with van der Waals surface area (Å²) >= 11 is 6.96. The van der Waals surface area contributed by atoms with Gasteiger partial charge in [-0.25, -0.2) is 10.4 Å². The van der Waals surface area contributed by atoms with Gasteiger partial charge in [-0.15, -0.1) is 5.10 Å². The lowest BCUT2D eigenvalue weighted by Crippen LogP contribution is -2.49. The van der Waals surface area contributed by atoms with Crippen molar-refractivity contribution in [2.24, 2.45) is 10.1 Å². The molecule has 3 rings (SSSR count). The third kappa shape index (κ3) is 2.73. The Morgan fingerprint density at radius 3 is 2.76 bits per heavy atom. The van der Waals surface area contributed by atoms with Crippen molar-refractivity contribution in [3.63, 3.8) is 0 Å². The second-order valence-electron chi connectivity index (χ2n) is 4.85. The quantitative estimate of drug-likeness (QED) is 0.637. The maximum Gasteiger partial charge on any atom is 0.264 e. The number of ketones is 1. The first kappa shape index (κ1) is 14.3. The van der Waals surface area contributed by atoms with Crippen LogP contribution in [0.5, 0.6) is 0 Å². The Hall–Kier alpha value is -1.66. The average molecular weight is 322 g/mol. The Labute approximate surface area is 130 Å². The van der Waals surface area contributed by atoms with Crippen LogP contribution < -0.4 is 5.43 Å². The normalized spacial score (nSPS) is 25.5. The van der Waals surface area contributed by atoms with Crippen LogP contribution in [0.2, 0.25) is 5.02 Å². The van der Waals surface area contributed by atoms with Gasteiger partial charge in [0.1, 0.15) is 0 Å². The van der Waals surface area contributed by atoms with Gasteiger partial charge < -0.3 is 0 Å². The molecule has 0 radical (unpaired) electrons. The first-order chi connectivity index (χ1) is 10.1. The topological polar surface area (TPSA) is 70.9 Å². The molecule has 0 bridgehead atoms. The molecule has 1 aliphatic heterocycles. The molecule has 1 atom stereocenters. The van der Waals surface area contributed by atoms with Gasteiger partial charge >= 0.3 is 0 Å². The molecule has 2 aliphatic rings. The summed E-state index contributed by atoms with van der Waals surface area (Å²) in [4.78, 5) is 28.2. The number of aliphatic imine (C=N–C) groups is 1. The molecular formula is C14H12ClN3O2S. The SMILES string of the molecule is O=C1CCCC12SC(/N=C\c1ccc(Cl)cc1)=NNC2=O. The summed E-state index contributed by atoms with van der Waals surface area (Å²) in [7, 11) is 0. The Kier molecular flexibility index (Phi) is 3.82. The summed E-state index contributed by atoms with van der Waals surface area (Å²) in [5.41, 5.74) is 3.28. The number of nitrogens with one attached hydrogen (secondary N) is 1. The first-order valence-corrected chi connectivity index (χ1v) is 7.70. The summed E-state index contributed by atoms with van der Waals surface area (Å²) in [5.74, 6) is -0.375. The highest BCUT2D eigenvalue weighted by Crippen LogP contribution is 2.41. The summed E-state index contributed by atoms with van der Waals surface area (Å²) in [6, 6.07) is 7.19. The van der Waals surface area contributed by atoms with Crippen LogP contribution in [0.1, 0.15) is 24.8 Å². The lowest BCUT2D eigenvalue weighted by Gasteiger charge is -2.26. The van der Waals surface area contributed by atoms with Crippen LogP contribution in [-0.2, 0) is 9.59 Å². The lowest BCUT2D eigenvalue weighted by molar-refractivity contribution is -0.130. The van der Waals surface area contributed by atoms with Crippen molar-refractivity contribution in [3.8, 4) is 0 Å². The molecule has 1 spiro atoms. The van der Waals surface area contributed by atoms with E-state index < -0.39 is 4.75 Å². The van der Waals surface area contributed by atoms with Crippen LogP contribution in [0.3, 0.4) is 0 Å². The number of hydrogen-bond acceptors (Lipinski definition) is 5. The molecule has 1 heterocycles. The highest BCUT2D eigenvalue weighted by molar-refractivity contribution is 8.16. The number of thioether (sulfide) groups is 1. The van der Waals surface area contributed by atoms with Crippen molar-refractivity contribution in [2.45, 2.75) is 24.0 Å². The molecule has 0 saturated heterocycles. The minimum absolute atomic E-state index is 0.0425. The molecule has 5 nitrogen and oxygen atoms in total. The van der Waals surface area contributed by atoms with E-state index in [4.69, 9.17) is 11.6 Å². The van der Waals surface area contributed by atoms with Crippen molar-refractivity contribution in [1.29, 1.82) is 0 Å². The molecule has 21 heavy (non-hydrogen) atoms. The van der Waals surface area contributed by atoms with E-state index in [0.717, 1.165) is 23.7 Å². The molecule has 1 aromatic rings. The third-order valence-corrected chi connectivity index (χ3v) is 5.06. The smallest absolute Gasteiger partial charge is 0.264 e. The predicted octanol–water partition coefficient (Wildman–Crippen LogP) is 2.38. The summed E-state index contributed by atoms with van der Waals surface area (Å²) in [5, 5.41) is 4.94. The van der Waals surface area contributed by atoms with Crippen LogP contribution in [0.15, 0.2) is 34.4 Å². The molecule has 108 valence electrons. The predicted molar refractivity (Wildman–Crippen MR) is 83.8 cm³/mol. The van der Waals surface area contributed by atoms with Gasteiger partial charge in [0, 0.05) is 17.7 Å². The number of halogens is 1. The molecule has 1 aliphatic carbocycles. The Morgan fingerprint density at radius 2 is 2.10 bits per heavy atom. The van der Waals surface area contributed by atoms with E-state index in [2.05, 4.69) is 15.5 Å². The van der Waals surface area contributed by atoms with E-state index in [-0.39, 0.29) is 11.7 Å². The molecule has 1 saturated carbocycles. The Bertz CT molecular complexity index is 657. The number of amides is 1. The molecule has 1 N–H and O–H groups in total. The van der Waals surface area contributed by atoms with Gasteiger partial charge in [0.15, 0.2) is 10.5 Å². The number of nitrogens with zero attached hydrogens (tertiary/aromatic N) is 2. The number of hydrazone groups is 1. The summed E-state index contributed by atoms with van der Waals surface area (Å²) in [6.07, 6.45) is 3.34. The molecule has 1 amide bonds. The fraction of sp³-hybridized carbons (Fsp3) is 0.286. The fourth-order valence-electron chi connectivity index (χ4n) is 2.34.